The highest BCUT2D eigenvalue weighted by atomic mass is 32.1. The molecule has 4 rings (SSSR count). The Kier molecular flexibility index (Phi) is 3.23. The van der Waals surface area contributed by atoms with E-state index < -0.39 is 0 Å². The summed E-state index contributed by atoms with van der Waals surface area (Å²) in [6, 6.07) is 0. The second-order valence-corrected chi connectivity index (χ2v) is 7.48. The average molecular weight is 239 g/mol. The fourth-order valence-electron chi connectivity index (χ4n) is 4.83. The Bertz CT molecular complexity index is 223. The smallest absolute Gasteiger partial charge is 0.0113 e. The molecule has 4 saturated carbocycles. The van der Waals surface area contributed by atoms with E-state index in [2.05, 4.69) is 24.9 Å². The van der Waals surface area contributed by atoms with Crippen LogP contribution in [0.25, 0.3) is 0 Å². The van der Waals surface area contributed by atoms with Crippen LogP contribution >= 0.6 is 12.6 Å². The summed E-state index contributed by atoms with van der Waals surface area (Å²) in [6.45, 7) is 4.51. The Morgan fingerprint density at radius 2 is 1.62 bits per heavy atom. The van der Waals surface area contributed by atoms with Crippen LogP contribution in [0, 0.1) is 29.6 Å². The van der Waals surface area contributed by atoms with Gasteiger partial charge in [0.1, 0.15) is 0 Å². The van der Waals surface area contributed by atoms with Gasteiger partial charge in [-0.25, -0.2) is 0 Å². The van der Waals surface area contributed by atoms with Crippen LogP contribution in [0.15, 0.2) is 0 Å². The van der Waals surface area contributed by atoms with Crippen molar-refractivity contribution in [2.75, 3.05) is 13.1 Å². The van der Waals surface area contributed by atoms with E-state index in [0.717, 1.165) is 36.1 Å². The molecular weight excluding hydrogens is 214 g/mol. The molecule has 0 aromatic heterocycles. The van der Waals surface area contributed by atoms with Crippen LogP contribution in [-0.4, -0.2) is 18.3 Å². The topological polar surface area (TPSA) is 12.0 Å². The molecule has 1 atom stereocenters. The molecule has 0 radical (unpaired) electrons. The number of hydrogen-bond acceptors (Lipinski definition) is 2. The maximum atomic E-state index is 4.44. The van der Waals surface area contributed by atoms with E-state index in [4.69, 9.17) is 0 Å². The summed E-state index contributed by atoms with van der Waals surface area (Å²) < 4.78 is 0. The monoisotopic (exact) mass is 239 g/mol. The summed E-state index contributed by atoms with van der Waals surface area (Å²) >= 11 is 4.44. The maximum absolute atomic E-state index is 4.44. The molecule has 0 heterocycles. The largest absolute Gasteiger partial charge is 0.315 e. The van der Waals surface area contributed by atoms with Gasteiger partial charge in [0, 0.05) is 11.8 Å². The van der Waals surface area contributed by atoms with Gasteiger partial charge in [-0.2, -0.15) is 12.6 Å². The lowest BCUT2D eigenvalue weighted by Gasteiger charge is -2.54. The molecule has 0 spiro atoms. The maximum Gasteiger partial charge on any atom is 0.0113 e. The third-order valence-corrected chi connectivity index (χ3v) is 5.42. The molecular formula is C14H25NS. The molecule has 4 aliphatic rings. The first kappa shape index (κ1) is 11.4. The van der Waals surface area contributed by atoms with Crippen molar-refractivity contribution >= 4 is 12.6 Å². The van der Waals surface area contributed by atoms with Crippen LogP contribution in [0.5, 0.6) is 0 Å². The Balaban J connectivity index is 1.55. The minimum Gasteiger partial charge on any atom is -0.315 e. The standard InChI is InChI=1S/C14H25NS/c1-9(16)7-15-8-14-12-3-10-2-11(5-12)6-13(14)4-10/h9-16H,2-8H2,1H3. The average Bonchev–Trinajstić information content (AvgIpc) is 2.20. The number of nitrogens with one attached hydrogen (secondary N) is 1. The van der Waals surface area contributed by atoms with E-state index in [-0.39, 0.29) is 0 Å². The second kappa shape index (κ2) is 4.53. The van der Waals surface area contributed by atoms with Gasteiger partial charge in [-0.1, -0.05) is 6.92 Å². The number of rotatable bonds is 4. The van der Waals surface area contributed by atoms with E-state index in [1.165, 1.54) is 6.54 Å². The molecule has 4 bridgehead atoms. The molecule has 4 aliphatic carbocycles. The predicted octanol–water partition coefficient (Wildman–Crippen LogP) is 2.97. The van der Waals surface area contributed by atoms with E-state index in [0.29, 0.717) is 5.25 Å². The van der Waals surface area contributed by atoms with Crippen LogP contribution in [0.4, 0.5) is 0 Å². The normalized spacial score (nSPS) is 47.2. The van der Waals surface area contributed by atoms with Gasteiger partial charge < -0.3 is 5.32 Å². The van der Waals surface area contributed by atoms with Crippen molar-refractivity contribution in [2.24, 2.45) is 29.6 Å². The molecule has 92 valence electrons. The Morgan fingerprint density at radius 3 is 2.12 bits per heavy atom. The molecule has 0 amide bonds. The first-order valence-corrected chi connectivity index (χ1v) is 7.62. The second-order valence-electron chi connectivity index (χ2n) is 6.60. The summed E-state index contributed by atoms with van der Waals surface area (Å²) in [6.07, 6.45) is 7.78. The van der Waals surface area contributed by atoms with Crippen molar-refractivity contribution in [3.8, 4) is 0 Å². The van der Waals surface area contributed by atoms with Gasteiger partial charge in [0.05, 0.1) is 0 Å². The van der Waals surface area contributed by atoms with Gasteiger partial charge in [-0.15, -0.1) is 0 Å². The quantitative estimate of drug-likeness (QED) is 0.719. The number of hydrogen-bond donors (Lipinski definition) is 2. The van der Waals surface area contributed by atoms with Gasteiger partial charge in [0.15, 0.2) is 0 Å². The predicted molar refractivity (Wildman–Crippen MR) is 71.9 cm³/mol. The minimum atomic E-state index is 0.497. The molecule has 0 aromatic carbocycles. The zero-order valence-corrected chi connectivity index (χ0v) is 11.3. The summed E-state index contributed by atoms with van der Waals surface area (Å²) in [5.41, 5.74) is 0. The molecule has 1 nitrogen and oxygen atoms in total. The fraction of sp³-hybridized carbons (Fsp3) is 1.00. The zero-order chi connectivity index (χ0) is 11.1. The molecule has 4 fully saturated rings. The van der Waals surface area contributed by atoms with Gasteiger partial charge in [-0.05, 0) is 68.2 Å². The SMILES string of the molecule is CC(S)CNCC1C2CC3CC(C2)CC1C3. The Hall–Kier alpha value is 0.310. The summed E-state index contributed by atoms with van der Waals surface area (Å²) in [7, 11) is 0. The van der Waals surface area contributed by atoms with E-state index in [1.807, 2.05) is 0 Å². The van der Waals surface area contributed by atoms with Crippen LogP contribution < -0.4 is 5.32 Å². The molecule has 16 heavy (non-hydrogen) atoms. The molecule has 0 aliphatic heterocycles. The Morgan fingerprint density at radius 1 is 1.06 bits per heavy atom. The summed E-state index contributed by atoms with van der Waals surface area (Å²) in [5, 5.41) is 4.13. The van der Waals surface area contributed by atoms with Crippen LogP contribution in [0.3, 0.4) is 0 Å². The van der Waals surface area contributed by atoms with Crippen molar-refractivity contribution in [1.82, 2.24) is 5.32 Å². The van der Waals surface area contributed by atoms with Crippen LogP contribution in [-0.2, 0) is 0 Å². The van der Waals surface area contributed by atoms with Gasteiger partial charge >= 0.3 is 0 Å². The lowest BCUT2D eigenvalue weighted by molar-refractivity contribution is -0.0353. The molecule has 1 unspecified atom stereocenters. The number of thiol groups is 1. The first-order valence-electron chi connectivity index (χ1n) is 7.11. The van der Waals surface area contributed by atoms with Crippen molar-refractivity contribution in [2.45, 2.75) is 44.3 Å². The zero-order valence-electron chi connectivity index (χ0n) is 10.4. The highest BCUT2D eigenvalue weighted by molar-refractivity contribution is 7.80. The van der Waals surface area contributed by atoms with Gasteiger partial charge in [0.2, 0.25) is 0 Å². The van der Waals surface area contributed by atoms with Crippen LogP contribution in [0.2, 0.25) is 0 Å². The third-order valence-electron chi connectivity index (χ3n) is 5.24. The van der Waals surface area contributed by atoms with E-state index in [9.17, 15) is 0 Å². The lowest BCUT2D eigenvalue weighted by atomic mass is 9.52. The van der Waals surface area contributed by atoms with Gasteiger partial charge in [0.25, 0.3) is 0 Å². The van der Waals surface area contributed by atoms with Crippen LogP contribution in [0.1, 0.15) is 39.0 Å². The van der Waals surface area contributed by atoms with Crippen molar-refractivity contribution in [3.05, 3.63) is 0 Å². The van der Waals surface area contributed by atoms with Crippen molar-refractivity contribution < 1.29 is 0 Å². The first-order chi connectivity index (χ1) is 7.72. The van der Waals surface area contributed by atoms with Crippen molar-refractivity contribution in [1.29, 1.82) is 0 Å². The highest BCUT2D eigenvalue weighted by Crippen LogP contribution is 2.56. The van der Waals surface area contributed by atoms with E-state index >= 15 is 0 Å². The summed E-state index contributed by atoms with van der Waals surface area (Å²) in [5.74, 6) is 5.36. The minimum absolute atomic E-state index is 0.497. The molecule has 0 saturated heterocycles. The highest BCUT2D eigenvalue weighted by Gasteiger charge is 2.47. The molecule has 0 aromatic rings. The Labute approximate surface area is 105 Å². The molecule has 1 N–H and O–H groups in total. The summed E-state index contributed by atoms with van der Waals surface area (Å²) in [4.78, 5) is 0. The lowest BCUT2D eigenvalue weighted by Crippen LogP contribution is -2.48. The van der Waals surface area contributed by atoms with E-state index in [1.54, 1.807) is 32.1 Å². The fourth-order valence-corrected chi connectivity index (χ4v) is 4.96. The van der Waals surface area contributed by atoms with Gasteiger partial charge in [-0.3, -0.25) is 0 Å². The molecule has 2 heteroatoms. The van der Waals surface area contributed by atoms with Crippen molar-refractivity contribution in [3.63, 3.8) is 0 Å². The third kappa shape index (κ3) is 2.15.